The third kappa shape index (κ3) is 2.89. The Kier molecular flexibility index (Phi) is 3.87. The Labute approximate surface area is 143 Å². The fourth-order valence-electron chi connectivity index (χ4n) is 3.52. The molecule has 2 aromatic rings. The molecular weight excluding hydrogens is 324 g/mol. The smallest absolute Gasteiger partial charge is 0.162 e. The van der Waals surface area contributed by atoms with Crippen LogP contribution in [0.15, 0.2) is 46.2 Å². The third-order valence-corrected chi connectivity index (χ3v) is 6.23. The van der Waals surface area contributed by atoms with Gasteiger partial charge in [-0.1, -0.05) is 12.1 Å². The summed E-state index contributed by atoms with van der Waals surface area (Å²) in [7, 11) is 0. The molecule has 2 aromatic heterocycles. The van der Waals surface area contributed by atoms with Crippen molar-refractivity contribution in [3.63, 3.8) is 0 Å². The lowest BCUT2D eigenvalue weighted by Crippen LogP contribution is -2.37. The maximum absolute atomic E-state index is 12.7. The van der Waals surface area contributed by atoms with Crippen LogP contribution in [-0.4, -0.2) is 11.6 Å². The fourth-order valence-corrected chi connectivity index (χ4v) is 4.88. The minimum absolute atomic E-state index is 0.0242. The molecule has 4 rings (SSSR count). The van der Waals surface area contributed by atoms with E-state index in [0.29, 0.717) is 12.8 Å². The van der Waals surface area contributed by atoms with Gasteiger partial charge in [0.1, 0.15) is 0 Å². The number of Topliss-reactive ketones (excluding diaryl/α,β-unsaturated/α-hetero) is 2. The number of allylic oxidation sites excluding steroid dienone is 2. The monoisotopic (exact) mass is 340 g/mol. The lowest BCUT2D eigenvalue weighted by molar-refractivity contribution is -0.127. The second kappa shape index (κ2) is 6.02. The molecule has 2 aliphatic carbocycles. The second-order valence-corrected chi connectivity index (χ2v) is 8.09. The lowest BCUT2D eigenvalue weighted by Gasteiger charge is -2.35. The Morgan fingerprint density at radius 3 is 1.70 bits per heavy atom. The number of hydrogen-bond donors (Lipinski definition) is 0. The van der Waals surface area contributed by atoms with Crippen LogP contribution in [0.5, 0.6) is 0 Å². The van der Waals surface area contributed by atoms with E-state index in [-0.39, 0.29) is 23.4 Å². The molecule has 116 valence electrons. The Hall–Kier alpha value is -1.78. The molecule has 0 aliphatic heterocycles. The van der Waals surface area contributed by atoms with E-state index in [9.17, 15) is 9.59 Å². The van der Waals surface area contributed by atoms with Crippen LogP contribution in [0.1, 0.15) is 29.0 Å². The van der Waals surface area contributed by atoms with Gasteiger partial charge < -0.3 is 0 Å². The van der Waals surface area contributed by atoms with Gasteiger partial charge in [-0.25, -0.2) is 0 Å². The van der Waals surface area contributed by atoms with Crippen LogP contribution < -0.4 is 0 Å². The third-order valence-electron chi connectivity index (χ3n) is 4.60. The van der Waals surface area contributed by atoms with E-state index in [2.05, 4.69) is 0 Å². The summed E-state index contributed by atoms with van der Waals surface area (Å²) in [6, 6.07) is 8.00. The van der Waals surface area contributed by atoms with Crippen molar-refractivity contribution < 1.29 is 9.59 Å². The highest BCUT2D eigenvalue weighted by molar-refractivity contribution is 7.11. The number of carbonyl (C=O) groups is 2. The first-order valence-electron chi connectivity index (χ1n) is 7.77. The van der Waals surface area contributed by atoms with Crippen molar-refractivity contribution in [2.75, 3.05) is 0 Å². The SMILES string of the molecule is O=C1/C(=C\c2cccs2)CC2CC1C/C(=C/c1cccs1)C2=O. The molecule has 2 nitrogen and oxygen atoms in total. The minimum atomic E-state index is -0.0242. The summed E-state index contributed by atoms with van der Waals surface area (Å²) in [4.78, 5) is 27.6. The second-order valence-electron chi connectivity index (χ2n) is 6.14. The first-order chi connectivity index (χ1) is 11.2. The fraction of sp³-hybridized carbons (Fsp3) is 0.263. The Morgan fingerprint density at radius 1 is 0.826 bits per heavy atom. The highest BCUT2D eigenvalue weighted by Gasteiger charge is 2.41. The summed E-state index contributed by atoms with van der Waals surface area (Å²) in [6.07, 6.45) is 5.86. The van der Waals surface area contributed by atoms with Crippen molar-refractivity contribution in [1.82, 2.24) is 0 Å². The van der Waals surface area contributed by atoms with Crippen molar-refractivity contribution in [2.24, 2.45) is 11.8 Å². The zero-order valence-electron chi connectivity index (χ0n) is 12.5. The van der Waals surface area contributed by atoms with Crippen molar-refractivity contribution in [1.29, 1.82) is 0 Å². The normalized spacial score (nSPS) is 27.8. The van der Waals surface area contributed by atoms with Gasteiger partial charge in [-0.3, -0.25) is 9.59 Å². The van der Waals surface area contributed by atoms with Crippen LogP contribution in [0, 0.1) is 11.8 Å². The maximum Gasteiger partial charge on any atom is 0.162 e. The molecule has 0 N–H and O–H groups in total. The number of thiophene rings is 2. The number of rotatable bonds is 2. The van der Waals surface area contributed by atoms with Gasteiger partial charge in [0.25, 0.3) is 0 Å². The number of ketones is 2. The van der Waals surface area contributed by atoms with E-state index in [0.717, 1.165) is 27.3 Å². The molecular formula is C19H16O2S2. The molecule has 2 unspecified atom stereocenters. The van der Waals surface area contributed by atoms with E-state index in [1.807, 2.05) is 47.2 Å². The van der Waals surface area contributed by atoms with Crippen LogP contribution in [-0.2, 0) is 9.59 Å². The molecule has 0 amide bonds. The summed E-state index contributed by atoms with van der Waals surface area (Å²) in [6.45, 7) is 0. The molecule has 0 spiro atoms. The average molecular weight is 340 g/mol. The summed E-state index contributed by atoms with van der Waals surface area (Å²) >= 11 is 3.25. The Bertz CT molecular complexity index is 726. The van der Waals surface area contributed by atoms with Gasteiger partial charge in [0.05, 0.1) is 0 Å². The molecule has 2 bridgehead atoms. The van der Waals surface area contributed by atoms with Crippen molar-refractivity contribution in [3.05, 3.63) is 55.9 Å². The molecule has 0 radical (unpaired) electrons. The van der Waals surface area contributed by atoms with Gasteiger partial charge in [0.15, 0.2) is 11.6 Å². The van der Waals surface area contributed by atoms with Crippen molar-refractivity contribution in [3.8, 4) is 0 Å². The Balaban J connectivity index is 1.63. The van der Waals surface area contributed by atoms with Crippen LogP contribution in [0.25, 0.3) is 12.2 Å². The predicted octanol–water partition coefficient (Wildman–Crippen LogP) is 4.84. The first kappa shape index (κ1) is 14.8. The minimum Gasteiger partial charge on any atom is -0.294 e. The van der Waals surface area contributed by atoms with Gasteiger partial charge in [0, 0.05) is 21.6 Å². The quantitative estimate of drug-likeness (QED) is 0.733. The van der Waals surface area contributed by atoms with Gasteiger partial charge in [-0.05, 0) is 65.5 Å². The number of fused-ring (bicyclic) bond motifs is 2. The topological polar surface area (TPSA) is 34.1 Å². The predicted molar refractivity (Wildman–Crippen MR) is 95.4 cm³/mol. The van der Waals surface area contributed by atoms with E-state index in [4.69, 9.17) is 0 Å². The van der Waals surface area contributed by atoms with Crippen LogP contribution in [0.2, 0.25) is 0 Å². The summed E-state index contributed by atoms with van der Waals surface area (Å²) in [5, 5.41) is 4.01. The van der Waals surface area contributed by atoms with Gasteiger partial charge in [-0.2, -0.15) is 0 Å². The van der Waals surface area contributed by atoms with Gasteiger partial charge in [-0.15, -0.1) is 22.7 Å². The zero-order valence-corrected chi connectivity index (χ0v) is 14.2. The molecule has 2 atom stereocenters. The molecule has 2 heterocycles. The van der Waals surface area contributed by atoms with Crippen LogP contribution >= 0.6 is 22.7 Å². The van der Waals surface area contributed by atoms with Crippen LogP contribution in [0.4, 0.5) is 0 Å². The molecule has 2 aliphatic rings. The van der Waals surface area contributed by atoms with Gasteiger partial charge >= 0.3 is 0 Å². The molecule has 2 saturated carbocycles. The molecule has 0 saturated heterocycles. The van der Waals surface area contributed by atoms with E-state index in [1.54, 1.807) is 22.7 Å². The van der Waals surface area contributed by atoms with Gasteiger partial charge in [0.2, 0.25) is 0 Å². The molecule has 2 fully saturated rings. The zero-order chi connectivity index (χ0) is 15.8. The molecule has 4 heteroatoms. The summed E-state index contributed by atoms with van der Waals surface area (Å²) < 4.78 is 0. The highest BCUT2D eigenvalue weighted by atomic mass is 32.1. The standard InChI is InChI=1S/C19H16O2S2/c20-18-13-7-12(8-14(18)10-16-3-1-5-22-16)19(21)15(9-13)11-17-4-2-6-23-17/h1-6,10-13H,7-9H2/b14-10-,15-11-. The van der Waals surface area contributed by atoms with E-state index in [1.165, 1.54) is 0 Å². The Morgan fingerprint density at radius 2 is 1.30 bits per heavy atom. The average Bonchev–Trinajstić information content (AvgIpc) is 3.22. The van der Waals surface area contributed by atoms with Crippen LogP contribution in [0.3, 0.4) is 0 Å². The number of carbonyl (C=O) groups excluding carboxylic acids is 2. The largest absolute Gasteiger partial charge is 0.294 e. The van der Waals surface area contributed by atoms with E-state index < -0.39 is 0 Å². The van der Waals surface area contributed by atoms with E-state index >= 15 is 0 Å². The maximum atomic E-state index is 12.7. The molecule has 23 heavy (non-hydrogen) atoms. The first-order valence-corrected chi connectivity index (χ1v) is 9.53. The summed E-state index contributed by atoms with van der Waals surface area (Å²) in [5.41, 5.74) is 1.66. The highest BCUT2D eigenvalue weighted by Crippen LogP contribution is 2.42. The number of hydrogen-bond acceptors (Lipinski definition) is 4. The van der Waals surface area contributed by atoms with Crippen molar-refractivity contribution >= 4 is 46.4 Å². The molecule has 0 aromatic carbocycles. The lowest BCUT2D eigenvalue weighted by atomic mass is 9.67. The summed E-state index contributed by atoms with van der Waals surface area (Å²) in [5.74, 6) is 0.422. The van der Waals surface area contributed by atoms with Crippen molar-refractivity contribution in [2.45, 2.75) is 19.3 Å².